The van der Waals surface area contributed by atoms with Crippen molar-refractivity contribution in [2.45, 2.75) is 76.2 Å². The standard InChI is InChI=1S/C25H29F4N7O4/c1-12-2-4-14(5-3-12)20(33-23(38)21-19(13-6-7-13)34-40-35-21)22(37)32-18-8-15(16(26)9-30-18)10-36-11-17(25(27,28)29)31-24(36)39/h8-9,12-14,17,20H,2-7,10-11H2,1H3,(H,31,39)(H,33,38)(H,30,32,37)/t12?,14?,17-,20-/m0/s1. The molecule has 2 aromatic rings. The second-order valence-electron chi connectivity index (χ2n) is 10.8. The van der Waals surface area contributed by atoms with Gasteiger partial charge in [-0.05, 0) is 48.7 Å². The number of hydrogen-bond donors (Lipinski definition) is 3. The summed E-state index contributed by atoms with van der Waals surface area (Å²) in [4.78, 5) is 43.3. The van der Waals surface area contributed by atoms with Crippen LogP contribution < -0.4 is 16.0 Å². The molecule has 11 nitrogen and oxygen atoms in total. The van der Waals surface area contributed by atoms with Gasteiger partial charge in [0.05, 0.1) is 19.3 Å². The Balaban J connectivity index is 1.31. The molecule has 0 aromatic carbocycles. The minimum absolute atomic E-state index is 0.0349. The van der Waals surface area contributed by atoms with Crippen molar-refractivity contribution in [2.75, 3.05) is 11.9 Å². The lowest BCUT2D eigenvalue weighted by Gasteiger charge is -2.32. The molecule has 3 aliphatic rings. The Morgan fingerprint density at radius 2 is 1.90 bits per heavy atom. The number of pyridine rings is 1. The van der Waals surface area contributed by atoms with Gasteiger partial charge in [0.2, 0.25) is 5.91 Å². The number of alkyl halides is 3. The predicted molar refractivity (Wildman–Crippen MR) is 130 cm³/mol. The van der Waals surface area contributed by atoms with Crippen molar-refractivity contribution in [2.24, 2.45) is 11.8 Å². The first-order chi connectivity index (χ1) is 19.0. The minimum atomic E-state index is -4.64. The van der Waals surface area contributed by atoms with E-state index in [1.54, 1.807) is 0 Å². The third-order valence-corrected chi connectivity index (χ3v) is 7.72. The average Bonchev–Trinajstić information content (AvgIpc) is 3.50. The number of halogens is 4. The first kappa shape index (κ1) is 27.8. The van der Waals surface area contributed by atoms with Crippen LogP contribution in [0.5, 0.6) is 0 Å². The summed E-state index contributed by atoms with van der Waals surface area (Å²) in [5.41, 5.74) is 0.364. The molecule has 1 saturated heterocycles. The zero-order valence-corrected chi connectivity index (χ0v) is 21.6. The fourth-order valence-corrected chi connectivity index (χ4v) is 5.19. The Labute approximate surface area is 226 Å². The van der Waals surface area contributed by atoms with Gasteiger partial charge in [0.1, 0.15) is 29.4 Å². The molecule has 40 heavy (non-hydrogen) atoms. The van der Waals surface area contributed by atoms with Crippen LogP contribution in [0, 0.1) is 17.7 Å². The molecule has 15 heteroatoms. The summed E-state index contributed by atoms with van der Waals surface area (Å²) in [6, 6.07) is -2.84. The zero-order valence-electron chi connectivity index (χ0n) is 21.6. The number of rotatable bonds is 8. The van der Waals surface area contributed by atoms with Crippen LogP contribution in [0.15, 0.2) is 16.9 Å². The number of urea groups is 1. The normalized spacial score (nSPS) is 24.0. The number of carbonyl (C=O) groups is 3. The van der Waals surface area contributed by atoms with Crippen molar-refractivity contribution in [3.05, 3.63) is 35.0 Å². The summed E-state index contributed by atoms with van der Waals surface area (Å²) in [6.45, 7) is 0.980. The molecule has 5 rings (SSSR count). The fourth-order valence-electron chi connectivity index (χ4n) is 5.19. The molecule has 0 radical (unpaired) electrons. The molecule has 4 amide bonds. The van der Waals surface area contributed by atoms with Gasteiger partial charge in [-0.3, -0.25) is 9.59 Å². The molecule has 1 aliphatic heterocycles. The topological polar surface area (TPSA) is 142 Å². The van der Waals surface area contributed by atoms with E-state index in [0.717, 1.165) is 42.8 Å². The van der Waals surface area contributed by atoms with E-state index in [4.69, 9.17) is 4.63 Å². The third-order valence-electron chi connectivity index (χ3n) is 7.72. The summed E-state index contributed by atoms with van der Waals surface area (Å²) in [7, 11) is 0. The Kier molecular flexibility index (Phi) is 7.64. The Bertz CT molecular complexity index is 1270. The highest BCUT2D eigenvalue weighted by Crippen LogP contribution is 2.40. The van der Waals surface area contributed by atoms with Gasteiger partial charge in [-0.1, -0.05) is 24.9 Å². The van der Waals surface area contributed by atoms with E-state index in [1.807, 2.05) is 5.32 Å². The van der Waals surface area contributed by atoms with E-state index >= 15 is 0 Å². The lowest BCUT2D eigenvalue weighted by atomic mass is 9.79. The summed E-state index contributed by atoms with van der Waals surface area (Å²) in [6.07, 6.45) is 1.05. The molecular weight excluding hydrogens is 538 g/mol. The zero-order chi connectivity index (χ0) is 28.6. The van der Waals surface area contributed by atoms with E-state index < -0.39 is 55.0 Å². The first-order valence-corrected chi connectivity index (χ1v) is 13.2. The van der Waals surface area contributed by atoms with Crippen LogP contribution in [0.2, 0.25) is 0 Å². The molecule has 3 fully saturated rings. The first-order valence-electron chi connectivity index (χ1n) is 13.2. The quantitative estimate of drug-likeness (QED) is 0.415. The maximum absolute atomic E-state index is 14.5. The molecule has 3 heterocycles. The van der Waals surface area contributed by atoms with Crippen LogP contribution in [0.4, 0.5) is 28.2 Å². The molecule has 3 N–H and O–H groups in total. The number of nitrogens with one attached hydrogen (secondary N) is 3. The summed E-state index contributed by atoms with van der Waals surface area (Å²) in [5, 5.41) is 14.8. The van der Waals surface area contributed by atoms with Gasteiger partial charge in [0.25, 0.3) is 5.91 Å². The van der Waals surface area contributed by atoms with E-state index in [0.29, 0.717) is 24.5 Å². The minimum Gasteiger partial charge on any atom is -0.338 e. The summed E-state index contributed by atoms with van der Waals surface area (Å²) < 4.78 is 58.3. The smallest absolute Gasteiger partial charge is 0.338 e. The Hall–Kier alpha value is -3.78. The van der Waals surface area contributed by atoms with Crippen LogP contribution in [0.3, 0.4) is 0 Å². The molecule has 2 aliphatic carbocycles. The second-order valence-corrected chi connectivity index (χ2v) is 10.8. The summed E-state index contributed by atoms with van der Waals surface area (Å²) >= 11 is 0. The third kappa shape index (κ3) is 6.17. The van der Waals surface area contributed by atoms with Gasteiger partial charge in [0.15, 0.2) is 5.69 Å². The maximum atomic E-state index is 14.5. The maximum Gasteiger partial charge on any atom is 0.410 e. The van der Waals surface area contributed by atoms with Crippen molar-refractivity contribution in [3.8, 4) is 0 Å². The highest BCUT2D eigenvalue weighted by Gasteiger charge is 2.47. The lowest BCUT2D eigenvalue weighted by molar-refractivity contribution is -0.149. The van der Waals surface area contributed by atoms with Gasteiger partial charge in [-0.2, -0.15) is 13.2 Å². The number of hydrogen-bond acceptors (Lipinski definition) is 7. The number of amides is 4. The Morgan fingerprint density at radius 3 is 2.55 bits per heavy atom. The molecule has 0 spiro atoms. The lowest BCUT2D eigenvalue weighted by Crippen LogP contribution is -2.49. The molecule has 2 atom stereocenters. The predicted octanol–water partition coefficient (Wildman–Crippen LogP) is 3.50. The molecule has 0 bridgehead atoms. The largest absolute Gasteiger partial charge is 0.410 e. The van der Waals surface area contributed by atoms with Crippen molar-refractivity contribution < 1.29 is 36.6 Å². The second kappa shape index (κ2) is 11.0. The average molecular weight is 568 g/mol. The number of carbonyl (C=O) groups excluding carboxylic acids is 3. The van der Waals surface area contributed by atoms with Gasteiger partial charge in [0, 0.05) is 11.5 Å². The Morgan fingerprint density at radius 1 is 1.18 bits per heavy atom. The van der Waals surface area contributed by atoms with Gasteiger partial charge in [-0.25, -0.2) is 18.8 Å². The van der Waals surface area contributed by atoms with Crippen molar-refractivity contribution in [1.82, 2.24) is 30.8 Å². The fraction of sp³-hybridized carbons (Fsp3) is 0.600. The van der Waals surface area contributed by atoms with Crippen molar-refractivity contribution >= 4 is 23.7 Å². The van der Waals surface area contributed by atoms with E-state index in [-0.39, 0.29) is 28.9 Å². The summed E-state index contributed by atoms with van der Waals surface area (Å²) in [5.74, 6) is -1.69. The highest BCUT2D eigenvalue weighted by molar-refractivity contribution is 6.00. The van der Waals surface area contributed by atoms with Crippen LogP contribution in [-0.2, 0) is 11.3 Å². The van der Waals surface area contributed by atoms with Gasteiger partial charge >= 0.3 is 12.2 Å². The molecule has 2 aromatic heterocycles. The number of anilines is 1. The molecule has 0 unspecified atom stereocenters. The van der Waals surface area contributed by atoms with Crippen molar-refractivity contribution in [1.29, 1.82) is 0 Å². The SMILES string of the molecule is CC1CCC([C@H](NC(=O)c2nonc2C2CC2)C(=O)Nc2cc(CN3C[C@@H](C(F)(F)F)NC3=O)c(F)cn2)CC1. The molecular formula is C25H29F4N7O4. The van der Waals surface area contributed by atoms with Crippen LogP contribution in [0.1, 0.15) is 73.1 Å². The van der Waals surface area contributed by atoms with E-state index in [1.165, 1.54) is 0 Å². The molecule has 216 valence electrons. The van der Waals surface area contributed by atoms with Crippen molar-refractivity contribution in [3.63, 3.8) is 0 Å². The van der Waals surface area contributed by atoms with E-state index in [2.05, 4.69) is 32.9 Å². The van der Waals surface area contributed by atoms with Crippen LogP contribution >= 0.6 is 0 Å². The van der Waals surface area contributed by atoms with Gasteiger partial charge in [-0.15, -0.1) is 0 Å². The van der Waals surface area contributed by atoms with Crippen LogP contribution in [-0.4, -0.2) is 62.8 Å². The molecule has 2 saturated carbocycles. The highest BCUT2D eigenvalue weighted by atomic mass is 19.4. The number of nitrogens with zero attached hydrogens (tertiary/aromatic N) is 4. The number of aromatic nitrogens is 3. The van der Waals surface area contributed by atoms with Crippen LogP contribution in [0.25, 0.3) is 0 Å². The van der Waals surface area contributed by atoms with Gasteiger partial charge < -0.3 is 20.9 Å². The van der Waals surface area contributed by atoms with E-state index in [9.17, 15) is 31.9 Å². The monoisotopic (exact) mass is 567 g/mol.